The van der Waals surface area contributed by atoms with Crippen molar-refractivity contribution >= 4 is 16.7 Å². The summed E-state index contributed by atoms with van der Waals surface area (Å²) in [5, 5.41) is 1.18. The lowest BCUT2D eigenvalue weighted by Gasteiger charge is -2.05. The molecule has 0 unspecified atom stereocenters. The molecule has 16 heavy (non-hydrogen) atoms. The fourth-order valence-electron chi connectivity index (χ4n) is 1.97. The molecule has 0 aliphatic rings. The molecule has 0 aliphatic carbocycles. The molecule has 2 N–H and O–H groups in total. The number of hydrogen-bond acceptors (Lipinski definition) is 2. The number of ketones is 1. The molecule has 2 aromatic rings. The van der Waals surface area contributed by atoms with Crippen molar-refractivity contribution < 1.29 is 4.79 Å². The molecule has 0 saturated carbocycles. The Morgan fingerprint density at radius 1 is 1.44 bits per heavy atom. The highest BCUT2D eigenvalue weighted by Crippen LogP contribution is 2.21. The molecule has 0 spiro atoms. The molecule has 0 fully saturated rings. The number of Topliss-reactive ketones (excluding diaryl/α,β-unsaturated/α-hetero) is 1. The number of rotatable bonds is 3. The third kappa shape index (κ3) is 1.86. The first-order chi connectivity index (χ1) is 7.59. The minimum Gasteiger partial charge on any atom is -0.350 e. The first kappa shape index (κ1) is 10.9. The molecule has 84 valence electrons. The standard InChI is InChI=1S/C13H16N2O/c1-9(16)12(14)7-10-8-15(2)13-6-4-3-5-11(10)13/h3-6,8,12H,7,14H2,1-2H3/t12-/m0/s1. The smallest absolute Gasteiger partial charge is 0.146 e. The summed E-state index contributed by atoms with van der Waals surface area (Å²) in [6.07, 6.45) is 2.66. The molecule has 3 nitrogen and oxygen atoms in total. The third-order valence-electron chi connectivity index (χ3n) is 2.94. The molecule has 2 rings (SSSR count). The molecule has 1 aromatic carbocycles. The molecule has 0 amide bonds. The lowest BCUT2D eigenvalue weighted by molar-refractivity contribution is -0.118. The Balaban J connectivity index is 2.42. The number of aromatic nitrogens is 1. The minimum absolute atomic E-state index is 0.0351. The Hall–Kier alpha value is -1.61. The van der Waals surface area contributed by atoms with E-state index in [9.17, 15) is 4.79 Å². The maximum Gasteiger partial charge on any atom is 0.146 e. The Kier molecular flexibility index (Phi) is 2.79. The van der Waals surface area contributed by atoms with Crippen LogP contribution < -0.4 is 5.73 Å². The maximum absolute atomic E-state index is 11.2. The second kappa shape index (κ2) is 4.10. The predicted molar refractivity (Wildman–Crippen MR) is 65.3 cm³/mol. The van der Waals surface area contributed by atoms with Crippen LogP contribution in [0.2, 0.25) is 0 Å². The molecule has 0 radical (unpaired) electrons. The molecule has 3 heteroatoms. The van der Waals surface area contributed by atoms with Gasteiger partial charge in [-0.25, -0.2) is 0 Å². The number of aryl methyl sites for hydroxylation is 1. The third-order valence-corrected chi connectivity index (χ3v) is 2.94. The van der Waals surface area contributed by atoms with Crippen molar-refractivity contribution in [1.82, 2.24) is 4.57 Å². The van der Waals surface area contributed by atoms with Gasteiger partial charge in [-0.3, -0.25) is 4.79 Å². The Morgan fingerprint density at radius 2 is 2.12 bits per heavy atom. The van der Waals surface area contributed by atoms with Crippen molar-refractivity contribution in [3.05, 3.63) is 36.0 Å². The quantitative estimate of drug-likeness (QED) is 0.847. The monoisotopic (exact) mass is 216 g/mol. The van der Waals surface area contributed by atoms with Crippen LogP contribution in [-0.2, 0) is 18.3 Å². The van der Waals surface area contributed by atoms with E-state index in [2.05, 4.69) is 16.7 Å². The maximum atomic E-state index is 11.2. The van der Waals surface area contributed by atoms with E-state index in [1.54, 1.807) is 0 Å². The summed E-state index contributed by atoms with van der Waals surface area (Å²) in [7, 11) is 2.01. The van der Waals surface area contributed by atoms with E-state index in [-0.39, 0.29) is 5.78 Å². The number of carbonyl (C=O) groups excluding carboxylic acids is 1. The van der Waals surface area contributed by atoms with Crippen LogP contribution in [0.3, 0.4) is 0 Å². The van der Waals surface area contributed by atoms with E-state index in [0.29, 0.717) is 6.42 Å². The molecule has 1 aromatic heterocycles. The van der Waals surface area contributed by atoms with Crippen LogP contribution >= 0.6 is 0 Å². The van der Waals surface area contributed by atoms with Gasteiger partial charge in [0.15, 0.2) is 0 Å². The SMILES string of the molecule is CC(=O)[C@@H](N)Cc1cn(C)c2ccccc12. The highest BCUT2D eigenvalue weighted by Gasteiger charge is 2.13. The van der Waals surface area contributed by atoms with Gasteiger partial charge in [0.25, 0.3) is 0 Å². The van der Waals surface area contributed by atoms with Gasteiger partial charge in [0.2, 0.25) is 0 Å². The van der Waals surface area contributed by atoms with Crippen LogP contribution in [0.25, 0.3) is 10.9 Å². The highest BCUT2D eigenvalue weighted by molar-refractivity contribution is 5.86. The molecular weight excluding hydrogens is 200 g/mol. The second-order valence-corrected chi connectivity index (χ2v) is 4.20. The summed E-state index contributed by atoms with van der Waals surface area (Å²) >= 11 is 0. The zero-order chi connectivity index (χ0) is 11.7. The summed E-state index contributed by atoms with van der Waals surface area (Å²) in [5.74, 6) is 0.0351. The molecule has 0 saturated heterocycles. The van der Waals surface area contributed by atoms with E-state index in [1.165, 1.54) is 17.8 Å². The summed E-state index contributed by atoms with van der Waals surface area (Å²) in [5.41, 5.74) is 8.10. The highest BCUT2D eigenvalue weighted by atomic mass is 16.1. The average Bonchev–Trinajstić information content (AvgIpc) is 2.57. The largest absolute Gasteiger partial charge is 0.350 e. The number of para-hydroxylation sites is 1. The van der Waals surface area contributed by atoms with Gasteiger partial charge >= 0.3 is 0 Å². The Morgan fingerprint density at radius 3 is 2.81 bits per heavy atom. The number of nitrogens with zero attached hydrogens (tertiary/aromatic N) is 1. The first-order valence-corrected chi connectivity index (χ1v) is 5.38. The number of fused-ring (bicyclic) bond motifs is 1. The van der Waals surface area contributed by atoms with Crippen LogP contribution in [-0.4, -0.2) is 16.4 Å². The molecule has 1 heterocycles. The van der Waals surface area contributed by atoms with Gasteiger partial charge in [-0.1, -0.05) is 18.2 Å². The Bertz CT molecular complexity index is 528. The topological polar surface area (TPSA) is 48.0 Å². The lowest BCUT2D eigenvalue weighted by Crippen LogP contribution is -2.30. The predicted octanol–water partition coefficient (Wildman–Crippen LogP) is 1.64. The zero-order valence-electron chi connectivity index (χ0n) is 9.60. The second-order valence-electron chi connectivity index (χ2n) is 4.20. The van der Waals surface area contributed by atoms with E-state index in [0.717, 1.165) is 5.56 Å². The van der Waals surface area contributed by atoms with E-state index >= 15 is 0 Å². The van der Waals surface area contributed by atoms with Crippen LogP contribution in [0.15, 0.2) is 30.5 Å². The van der Waals surface area contributed by atoms with Crippen molar-refractivity contribution in [2.75, 3.05) is 0 Å². The minimum atomic E-state index is -0.397. The van der Waals surface area contributed by atoms with E-state index in [4.69, 9.17) is 5.73 Å². The van der Waals surface area contributed by atoms with Crippen molar-refractivity contribution in [3.63, 3.8) is 0 Å². The summed E-state index contributed by atoms with van der Waals surface area (Å²) in [6, 6.07) is 7.75. The normalized spacial score (nSPS) is 12.9. The number of carbonyl (C=O) groups is 1. The van der Waals surface area contributed by atoms with Gasteiger partial charge in [-0.15, -0.1) is 0 Å². The number of nitrogens with two attached hydrogens (primary N) is 1. The van der Waals surface area contributed by atoms with Crippen molar-refractivity contribution in [2.24, 2.45) is 12.8 Å². The zero-order valence-corrected chi connectivity index (χ0v) is 9.60. The fourth-order valence-corrected chi connectivity index (χ4v) is 1.97. The number of hydrogen-bond donors (Lipinski definition) is 1. The van der Waals surface area contributed by atoms with Crippen LogP contribution in [0.5, 0.6) is 0 Å². The van der Waals surface area contributed by atoms with Crippen molar-refractivity contribution in [3.8, 4) is 0 Å². The van der Waals surface area contributed by atoms with Crippen LogP contribution in [0.4, 0.5) is 0 Å². The van der Waals surface area contributed by atoms with Crippen molar-refractivity contribution in [1.29, 1.82) is 0 Å². The summed E-state index contributed by atoms with van der Waals surface area (Å²) in [6.45, 7) is 1.54. The molecule has 1 atom stereocenters. The van der Waals surface area contributed by atoms with Gasteiger partial charge < -0.3 is 10.3 Å². The van der Waals surface area contributed by atoms with E-state index < -0.39 is 6.04 Å². The summed E-state index contributed by atoms with van der Waals surface area (Å²) < 4.78 is 2.07. The molecule has 0 bridgehead atoms. The average molecular weight is 216 g/mol. The van der Waals surface area contributed by atoms with Crippen LogP contribution in [0, 0.1) is 0 Å². The van der Waals surface area contributed by atoms with Crippen molar-refractivity contribution in [2.45, 2.75) is 19.4 Å². The first-order valence-electron chi connectivity index (χ1n) is 5.38. The van der Waals surface area contributed by atoms with Gasteiger partial charge in [-0.05, 0) is 25.0 Å². The Labute approximate surface area is 94.9 Å². The number of benzene rings is 1. The van der Waals surface area contributed by atoms with Gasteiger partial charge in [0.1, 0.15) is 5.78 Å². The summed E-state index contributed by atoms with van der Waals surface area (Å²) in [4.78, 5) is 11.2. The molecule has 0 aliphatic heterocycles. The molecular formula is C13H16N2O. The van der Waals surface area contributed by atoms with Gasteiger partial charge in [-0.2, -0.15) is 0 Å². The fraction of sp³-hybridized carbons (Fsp3) is 0.308. The van der Waals surface area contributed by atoms with E-state index in [1.807, 2.05) is 25.4 Å². The van der Waals surface area contributed by atoms with Gasteiger partial charge in [0, 0.05) is 24.1 Å². The lowest BCUT2D eigenvalue weighted by atomic mass is 10.0. The van der Waals surface area contributed by atoms with Gasteiger partial charge in [0.05, 0.1) is 6.04 Å². The van der Waals surface area contributed by atoms with Crippen LogP contribution in [0.1, 0.15) is 12.5 Å².